The minimum atomic E-state index is -2.86. The fourth-order valence-electron chi connectivity index (χ4n) is 1.96. The van der Waals surface area contributed by atoms with Gasteiger partial charge in [0.05, 0.1) is 5.60 Å². The average molecular weight is 265 g/mol. The van der Waals surface area contributed by atoms with Crippen LogP contribution in [0.2, 0.25) is 0 Å². The lowest BCUT2D eigenvalue weighted by atomic mass is 9.94. The van der Waals surface area contributed by atoms with Gasteiger partial charge in [0.25, 0.3) is 0 Å². The van der Waals surface area contributed by atoms with Crippen LogP contribution in [-0.2, 0) is 14.6 Å². The van der Waals surface area contributed by atoms with Crippen LogP contribution in [0.5, 0.6) is 0 Å². The van der Waals surface area contributed by atoms with Crippen molar-refractivity contribution in [3.05, 3.63) is 0 Å². The van der Waals surface area contributed by atoms with Gasteiger partial charge in [-0.25, -0.2) is 8.42 Å². The van der Waals surface area contributed by atoms with Gasteiger partial charge >= 0.3 is 0 Å². The molecule has 17 heavy (non-hydrogen) atoms. The first-order valence-corrected chi connectivity index (χ1v) is 8.34. The molecular weight excluding hydrogens is 238 g/mol. The van der Waals surface area contributed by atoms with Crippen LogP contribution in [0.3, 0.4) is 0 Å². The largest absolute Gasteiger partial charge is 0.374 e. The zero-order valence-electron chi connectivity index (χ0n) is 11.7. The normalized spacial score (nSPS) is 14.9. The van der Waals surface area contributed by atoms with Crippen molar-refractivity contribution in [1.29, 1.82) is 0 Å². The molecule has 0 rings (SSSR count). The standard InChI is InChI=1S/C12H27NO3S/c1-6-13-11(12(3,4)16-7-2)9-8-10-17(5,14)15/h11,13H,6-10H2,1-5H3. The Hall–Kier alpha value is -0.130. The molecular formula is C12H27NO3S. The van der Waals surface area contributed by atoms with Crippen LogP contribution in [0.1, 0.15) is 40.5 Å². The Morgan fingerprint density at radius 2 is 1.88 bits per heavy atom. The molecule has 0 radical (unpaired) electrons. The summed E-state index contributed by atoms with van der Waals surface area (Å²) in [5, 5.41) is 3.37. The van der Waals surface area contributed by atoms with Crippen LogP contribution in [0.4, 0.5) is 0 Å². The number of rotatable bonds is 9. The molecule has 0 fully saturated rings. The molecule has 0 heterocycles. The lowest BCUT2D eigenvalue weighted by molar-refractivity contribution is -0.0398. The number of nitrogens with one attached hydrogen (secondary N) is 1. The number of sulfone groups is 1. The first-order chi connectivity index (χ1) is 7.73. The summed E-state index contributed by atoms with van der Waals surface area (Å²) in [6.07, 6.45) is 2.77. The van der Waals surface area contributed by atoms with Crippen molar-refractivity contribution in [2.45, 2.75) is 52.2 Å². The second-order valence-corrected chi connectivity index (χ2v) is 7.18. The highest BCUT2D eigenvalue weighted by atomic mass is 32.2. The second kappa shape index (κ2) is 7.34. The summed E-state index contributed by atoms with van der Waals surface area (Å²) in [7, 11) is -2.86. The van der Waals surface area contributed by atoms with E-state index in [9.17, 15) is 8.42 Å². The molecule has 0 saturated carbocycles. The number of hydrogen-bond donors (Lipinski definition) is 1. The summed E-state index contributed by atoms with van der Waals surface area (Å²) in [6, 6.07) is 0.189. The van der Waals surface area contributed by atoms with E-state index in [0.29, 0.717) is 13.0 Å². The lowest BCUT2D eigenvalue weighted by Crippen LogP contribution is -2.48. The summed E-state index contributed by atoms with van der Waals surface area (Å²) in [5.74, 6) is 0.247. The van der Waals surface area contributed by atoms with Crippen molar-refractivity contribution >= 4 is 9.84 Å². The average Bonchev–Trinajstić information content (AvgIpc) is 2.14. The van der Waals surface area contributed by atoms with E-state index in [1.807, 2.05) is 27.7 Å². The molecule has 4 nitrogen and oxygen atoms in total. The van der Waals surface area contributed by atoms with Gasteiger partial charge in [0, 0.05) is 24.7 Å². The SMILES string of the molecule is CCNC(CCCS(C)(=O)=O)C(C)(C)OCC. The van der Waals surface area contributed by atoms with Gasteiger partial charge in [-0.15, -0.1) is 0 Å². The van der Waals surface area contributed by atoms with Crippen LogP contribution in [0, 0.1) is 0 Å². The molecule has 0 spiro atoms. The molecule has 0 amide bonds. The molecule has 0 aliphatic heterocycles. The van der Waals surface area contributed by atoms with Crippen LogP contribution in [0.15, 0.2) is 0 Å². The first kappa shape index (κ1) is 16.9. The summed E-state index contributed by atoms with van der Waals surface area (Å²) in [5.41, 5.74) is -0.262. The Morgan fingerprint density at radius 3 is 2.29 bits per heavy atom. The molecule has 104 valence electrons. The van der Waals surface area contributed by atoms with E-state index < -0.39 is 9.84 Å². The molecule has 0 aromatic rings. The van der Waals surface area contributed by atoms with Gasteiger partial charge in [-0.1, -0.05) is 6.92 Å². The topological polar surface area (TPSA) is 55.4 Å². The van der Waals surface area contributed by atoms with Crippen molar-refractivity contribution in [3.8, 4) is 0 Å². The predicted octanol–water partition coefficient (Wildman–Crippen LogP) is 1.60. The molecule has 1 atom stereocenters. The van der Waals surface area contributed by atoms with Crippen molar-refractivity contribution in [2.75, 3.05) is 25.2 Å². The molecule has 0 aliphatic rings. The Bertz CT molecular complexity index is 299. The highest BCUT2D eigenvalue weighted by Crippen LogP contribution is 2.19. The quantitative estimate of drug-likeness (QED) is 0.688. The summed E-state index contributed by atoms with van der Waals surface area (Å²) >= 11 is 0. The third-order valence-electron chi connectivity index (χ3n) is 2.81. The third kappa shape index (κ3) is 7.73. The van der Waals surface area contributed by atoms with Gasteiger partial charge in [-0.3, -0.25) is 0 Å². The zero-order chi connectivity index (χ0) is 13.5. The van der Waals surface area contributed by atoms with Crippen molar-refractivity contribution in [2.24, 2.45) is 0 Å². The van der Waals surface area contributed by atoms with E-state index in [0.717, 1.165) is 13.0 Å². The summed E-state index contributed by atoms with van der Waals surface area (Å²) in [4.78, 5) is 0. The molecule has 0 aromatic heterocycles. The van der Waals surface area contributed by atoms with Crippen molar-refractivity contribution in [3.63, 3.8) is 0 Å². The van der Waals surface area contributed by atoms with Crippen LogP contribution >= 0.6 is 0 Å². The molecule has 0 saturated heterocycles. The highest BCUT2D eigenvalue weighted by molar-refractivity contribution is 7.90. The summed E-state index contributed by atoms with van der Waals surface area (Å²) in [6.45, 7) is 9.64. The van der Waals surface area contributed by atoms with E-state index in [2.05, 4.69) is 5.32 Å². The minimum Gasteiger partial charge on any atom is -0.374 e. The number of ether oxygens (including phenoxy) is 1. The van der Waals surface area contributed by atoms with Crippen molar-refractivity contribution < 1.29 is 13.2 Å². The Morgan fingerprint density at radius 1 is 1.29 bits per heavy atom. The van der Waals surface area contributed by atoms with Crippen LogP contribution in [0.25, 0.3) is 0 Å². The lowest BCUT2D eigenvalue weighted by Gasteiger charge is -2.34. The minimum absolute atomic E-state index is 0.189. The third-order valence-corrected chi connectivity index (χ3v) is 3.84. The van der Waals surface area contributed by atoms with Gasteiger partial charge in [-0.2, -0.15) is 0 Å². The fourth-order valence-corrected chi connectivity index (χ4v) is 2.66. The van der Waals surface area contributed by atoms with Crippen LogP contribution in [-0.4, -0.2) is 45.2 Å². The Labute approximate surface area is 106 Å². The fraction of sp³-hybridized carbons (Fsp3) is 1.00. The molecule has 0 bridgehead atoms. The molecule has 1 N–H and O–H groups in total. The van der Waals surface area contributed by atoms with Gasteiger partial charge in [0.15, 0.2) is 0 Å². The smallest absolute Gasteiger partial charge is 0.147 e. The second-order valence-electron chi connectivity index (χ2n) is 4.92. The maximum atomic E-state index is 11.1. The predicted molar refractivity (Wildman–Crippen MR) is 72.1 cm³/mol. The van der Waals surface area contributed by atoms with E-state index in [1.54, 1.807) is 0 Å². The summed E-state index contributed by atoms with van der Waals surface area (Å²) < 4.78 is 27.9. The molecule has 5 heteroatoms. The van der Waals surface area contributed by atoms with Crippen molar-refractivity contribution in [1.82, 2.24) is 5.32 Å². The highest BCUT2D eigenvalue weighted by Gasteiger charge is 2.29. The number of likely N-dealkylation sites (N-methyl/N-ethyl adjacent to an activating group) is 1. The molecule has 0 aliphatic carbocycles. The zero-order valence-corrected chi connectivity index (χ0v) is 12.6. The van der Waals surface area contributed by atoms with Gasteiger partial charge in [0.1, 0.15) is 9.84 Å². The van der Waals surface area contributed by atoms with Gasteiger partial charge in [-0.05, 0) is 40.2 Å². The monoisotopic (exact) mass is 265 g/mol. The van der Waals surface area contributed by atoms with E-state index in [-0.39, 0.29) is 17.4 Å². The van der Waals surface area contributed by atoms with Crippen LogP contribution < -0.4 is 5.32 Å². The number of hydrogen-bond acceptors (Lipinski definition) is 4. The maximum Gasteiger partial charge on any atom is 0.147 e. The molecule has 1 unspecified atom stereocenters. The van der Waals surface area contributed by atoms with E-state index in [4.69, 9.17) is 4.74 Å². The van der Waals surface area contributed by atoms with Gasteiger partial charge in [0.2, 0.25) is 0 Å². The van der Waals surface area contributed by atoms with E-state index in [1.165, 1.54) is 6.26 Å². The Balaban J connectivity index is 4.33. The maximum absolute atomic E-state index is 11.1. The van der Waals surface area contributed by atoms with Gasteiger partial charge < -0.3 is 10.1 Å². The van der Waals surface area contributed by atoms with E-state index >= 15 is 0 Å². The first-order valence-electron chi connectivity index (χ1n) is 6.28. The molecule has 0 aromatic carbocycles. The Kier molecular flexibility index (Phi) is 7.28.